The Balaban J connectivity index is 1.89. The summed E-state index contributed by atoms with van der Waals surface area (Å²) in [5.41, 5.74) is 0. The van der Waals surface area contributed by atoms with Crippen LogP contribution >= 0.6 is 0 Å². The van der Waals surface area contributed by atoms with Gasteiger partial charge in [0.1, 0.15) is 6.17 Å². The lowest BCUT2D eigenvalue weighted by atomic mass is 9.85. The van der Waals surface area contributed by atoms with Crippen LogP contribution in [0.4, 0.5) is 4.39 Å². The molecular weight excluding hydrogens is 157 g/mol. The molecule has 0 radical (unpaired) electrons. The zero-order valence-electron chi connectivity index (χ0n) is 7.26. The Hall–Kier alpha value is -0.150. The van der Waals surface area contributed by atoms with E-state index in [0.717, 1.165) is 32.6 Å². The number of rotatable bonds is 1. The maximum Gasteiger partial charge on any atom is 0.117 e. The van der Waals surface area contributed by atoms with Crippen LogP contribution in [0.15, 0.2) is 0 Å². The summed E-state index contributed by atoms with van der Waals surface area (Å²) in [6, 6.07) is 0. The van der Waals surface area contributed by atoms with Gasteiger partial charge in [-0.15, -0.1) is 0 Å². The van der Waals surface area contributed by atoms with Gasteiger partial charge in [-0.05, 0) is 18.8 Å². The van der Waals surface area contributed by atoms with E-state index < -0.39 is 6.17 Å². The van der Waals surface area contributed by atoms with Crippen molar-refractivity contribution in [3.05, 3.63) is 0 Å². The molecule has 1 N–H and O–H groups in total. The molecule has 3 heteroatoms. The van der Waals surface area contributed by atoms with E-state index in [1.807, 2.05) is 0 Å². The van der Waals surface area contributed by atoms with Crippen molar-refractivity contribution in [2.75, 3.05) is 26.3 Å². The van der Waals surface area contributed by atoms with Crippen molar-refractivity contribution >= 4 is 0 Å². The Bertz CT molecular complexity index is 147. The number of hydrogen-bond acceptors (Lipinski definition) is 2. The summed E-state index contributed by atoms with van der Waals surface area (Å²) in [6.45, 7) is 3.08. The zero-order valence-corrected chi connectivity index (χ0v) is 7.26. The summed E-state index contributed by atoms with van der Waals surface area (Å²) < 4.78 is 18.5. The number of nitrogens with one attached hydrogen (secondary N) is 1. The second-order valence-electron chi connectivity index (χ2n) is 3.79. The summed E-state index contributed by atoms with van der Waals surface area (Å²) in [6.07, 6.45) is 1.48. The van der Waals surface area contributed by atoms with E-state index in [-0.39, 0.29) is 5.92 Å². The molecule has 2 unspecified atom stereocenters. The fraction of sp³-hybridized carbons (Fsp3) is 1.00. The third kappa shape index (κ3) is 1.62. The highest BCUT2D eigenvalue weighted by Crippen LogP contribution is 2.29. The molecule has 2 fully saturated rings. The Kier molecular flexibility index (Phi) is 2.61. The predicted octanol–water partition coefficient (Wildman–Crippen LogP) is 0.971. The minimum Gasteiger partial charge on any atom is -0.381 e. The molecule has 2 saturated heterocycles. The largest absolute Gasteiger partial charge is 0.381 e. The molecule has 12 heavy (non-hydrogen) atoms. The standard InChI is InChI=1S/C9H16FNO/c10-9-6-11-5-8(9)7-1-3-12-4-2-7/h7-9,11H,1-6H2. The van der Waals surface area contributed by atoms with Gasteiger partial charge in [0, 0.05) is 32.2 Å². The monoisotopic (exact) mass is 173 g/mol. The topological polar surface area (TPSA) is 21.3 Å². The summed E-state index contributed by atoms with van der Waals surface area (Å²) in [5.74, 6) is 0.817. The molecule has 2 heterocycles. The molecule has 2 aliphatic heterocycles. The van der Waals surface area contributed by atoms with Crippen molar-refractivity contribution in [3.8, 4) is 0 Å². The Labute approximate surface area is 72.5 Å². The fourth-order valence-corrected chi connectivity index (χ4v) is 2.27. The molecule has 0 aliphatic carbocycles. The van der Waals surface area contributed by atoms with E-state index in [2.05, 4.69) is 5.32 Å². The highest BCUT2D eigenvalue weighted by molar-refractivity contribution is 4.86. The maximum atomic E-state index is 13.3. The summed E-state index contributed by atoms with van der Waals surface area (Å²) in [5, 5.41) is 3.10. The summed E-state index contributed by atoms with van der Waals surface area (Å²) in [4.78, 5) is 0. The SMILES string of the molecule is FC1CNCC1C1CCOCC1. The van der Waals surface area contributed by atoms with Crippen molar-refractivity contribution < 1.29 is 9.13 Å². The van der Waals surface area contributed by atoms with Crippen LogP contribution in [-0.2, 0) is 4.74 Å². The van der Waals surface area contributed by atoms with Gasteiger partial charge in [-0.1, -0.05) is 0 Å². The van der Waals surface area contributed by atoms with Gasteiger partial charge >= 0.3 is 0 Å². The lowest BCUT2D eigenvalue weighted by Gasteiger charge is -2.27. The first-order valence-corrected chi connectivity index (χ1v) is 4.80. The molecule has 0 bridgehead atoms. The first kappa shape index (κ1) is 8.45. The van der Waals surface area contributed by atoms with Crippen LogP contribution in [0, 0.1) is 11.8 Å². The second kappa shape index (κ2) is 3.71. The normalized spacial score (nSPS) is 38.8. The molecule has 0 aromatic heterocycles. The van der Waals surface area contributed by atoms with Gasteiger partial charge in [0.15, 0.2) is 0 Å². The number of ether oxygens (including phenoxy) is 1. The van der Waals surface area contributed by atoms with Gasteiger partial charge < -0.3 is 10.1 Å². The molecular formula is C9H16FNO. The van der Waals surface area contributed by atoms with Crippen molar-refractivity contribution in [3.63, 3.8) is 0 Å². The van der Waals surface area contributed by atoms with E-state index in [9.17, 15) is 4.39 Å². The molecule has 0 amide bonds. The average molecular weight is 173 g/mol. The average Bonchev–Trinajstić information content (AvgIpc) is 2.53. The van der Waals surface area contributed by atoms with Gasteiger partial charge in [-0.3, -0.25) is 0 Å². The lowest BCUT2D eigenvalue weighted by Crippen LogP contribution is -2.29. The first-order valence-electron chi connectivity index (χ1n) is 4.80. The minimum absolute atomic E-state index is 0.258. The van der Waals surface area contributed by atoms with E-state index in [4.69, 9.17) is 4.74 Å². The molecule has 0 aromatic carbocycles. The molecule has 0 aromatic rings. The van der Waals surface area contributed by atoms with Crippen LogP contribution in [0.25, 0.3) is 0 Å². The summed E-state index contributed by atoms with van der Waals surface area (Å²) in [7, 11) is 0. The third-order valence-corrected chi connectivity index (χ3v) is 3.06. The van der Waals surface area contributed by atoms with E-state index in [0.29, 0.717) is 12.5 Å². The smallest absolute Gasteiger partial charge is 0.117 e. The molecule has 2 nitrogen and oxygen atoms in total. The van der Waals surface area contributed by atoms with Crippen LogP contribution in [0.2, 0.25) is 0 Å². The van der Waals surface area contributed by atoms with E-state index in [1.54, 1.807) is 0 Å². The molecule has 2 atom stereocenters. The van der Waals surface area contributed by atoms with Crippen LogP contribution < -0.4 is 5.32 Å². The quantitative estimate of drug-likeness (QED) is 0.638. The third-order valence-electron chi connectivity index (χ3n) is 3.06. The first-order chi connectivity index (χ1) is 5.88. The van der Waals surface area contributed by atoms with Gasteiger partial charge in [-0.25, -0.2) is 4.39 Å². The lowest BCUT2D eigenvalue weighted by molar-refractivity contribution is 0.0379. The van der Waals surface area contributed by atoms with Crippen LogP contribution in [0.5, 0.6) is 0 Å². The highest BCUT2D eigenvalue weighted by atomic mass is 19.1. The molecule has 2 aliphatic rings. The van der Waals surface area contributed by atoms with Crippen molar-refractivity contribution in [2.24, 2.45) is 11.8 Å². The van der Waals surface area contributed by atoms with Gasteiger partial charge in [-0.2, -0.15) is 0 Å². The van der Waals surface area contributed by atoms with Crippen LogP contribution in [0.3, 0.4) is 0 Å². The fourth-order valence-electron chi connectivity index (χ4n) is 2.27. The second-order valence-corrected chi connectivity index (χ2v) is 3.79. The Morgan fingerprint density at radius 1 is 1.17 bits per heavy atom. The maximum absolute atomic E-state index is 13.3. The number of hydrogen-bond donors (Lipinski definition) is 1. The van der Waals surface area contributed by atoms with Gasteiger partial charge in [0.05, 0.1) is 0 Å². The molecule has 2 rings (SSSR count). The highest BCUT2D eigenvalue weighted by Gasteiger charge is 2.34. The van der Waals surface area contributed by atoms with E-state index in [1.165, 1.54) is 0 Å². The van der Waals surface area contributed by atoms with Gasteiger partial charge in [0.2, 0.25) is 0 Å². The Morgan fingerprint density at radius 2 is 1.92 bits per heavy atom. The molecule has 70 valence electrons. The summed E-state index contributed by atoms with van der Waals surface area (Å²) >= 11 is 0. The van der Waals surface area contributed by atoms with Gasteiger partial charge in [0.25, 0.3) is 0 Å². The molecule has 0 saturated carbocycles. The predicted molar refractivity (Wildman–Crippen MR) is 44.8 cm³/mol. The van der Waals surface area contributed by atoms with Crippen molar-refractivity contribution in [1.29, 1.82) is 0 Å². The van der Waals surface area contributed by atoms with E-state index >= 15 is 0 Å². The van der Waals surface area contributed by atoms with Crippen molar-refractivity contribution in [1.82, 2.24) is 5.32 Å². The molecule has 0 spiro atoms. The number of alkyl halides is 1. The van der Waals surface area contributed by atoms with Crippen molar-refractivity contribution in [2.45, 2.75) is 19.0 Å². The zero-order chi connectivity index (χ0) is 8.39. The number of halogens is 1. The minimum atomic E-state index is -0.618. The van der Waals surface area contributed by atoms with Crippen LogP contribution in [0.1, 0.15) is 12.8 Å². The Morgan fingerprint density at radius 3 is 2.50 bits per heavy atom. The van der Waals surface area contributed by atoms with Crippen LogP contribution in [-0.4, -0.2) is 32.5 Å².